The summed E-state index contributed by atoms with van der Waals surface area (Å²) in [6, 6.07) is 0. The summed E-state index contributed by atoms with van der Waals surface area (Å²) < 4.78 is 4.62. The lowest BCUT2D eigenvalue weighted by Crippen LogP contribution is -2.42. The number of carbonyl (C=O) groups is 2. The minimum absolute atomic E-state index is 0.139. The number of hydrazine groups is 1. The summed E-state index contributed by atoms with van der Waals surface area (Å²) >= 11 is 0. The summed E-state index contributed by atoms with van der Waals surface area (Å²) in [7, 11) is 0. The fourth-order valence-electron chi connectivity index (χ4n) is 1.99. The van der Waals surface area contributed by atoms with Crippen LogP contribution in [0.15, 0.2) is 0 Å². The van der Waals surface area contributed by atoms with Gasteiger partial charge in [0.05, 0.1) is 6.61 Å². The first kappa shape index (κ1) is 12.8. The molecule has 0 aromatic heterocycles. The van der Waals surface area contributed by atoms with Crippen molar-refractivity contribution in [3.05, 3.63) is 0 Å². The van der Waals surface area contributed by atoms with Gasteiger partial charge in [-0.3, -0.25) is 10.2 Å². The van der Waals surface area contributed by atoms with Gasteiger partial charge in [-0.2, -0.15) is 0 Å². The van der Waals surface area contributed by atoms with E-state index in [1.807, 2.05) is 0 Å². The van der Waals surface area contributed by atoms with Crippen LogP contribution in [0.2, 0.25) is 0 Å². The van der Waals surface area contributed by atoms with Crippen LogP contribution in [0.25, 0.3) is 0 Å². The molecule has 0 heterocycles. The van der Waals surface area contributed by atoms with E-state index in [9.17, 15) is 9.59 Å². The van der Waals surface area contributed by atoms with Crippen molar-refractivity contribution >= 4 is 12.0 Å². The first-order valence-corrected chi connectivity index (χ1v) is 5.94. The number of amides is 2. The molecule has 1 saturated carbocycles. The number of nitrogens with one attached hydrogen (secondary N) is 2. The van der Waals surface area contributed by atoms with Crippen LogP contribution >= 0.6 is 0 Å². The molecule has 0 saturated heterocycles. The van der Waals surface area contributed by atoms with Gasteiger partial charge in [0.2, 0.25) is 5.91 Å². The van der Waals surface area contributed by atoms with E-state index >= 15 is 0 Å². The molecule has 0 aliphatic heterocycles. The molecule has 0 unspecified atom stereocenters. The molecule has 0 atom stereocenters. The zero-order valence-corrected chi connectivity index (χ0v) is 9.75. The Morgan fingerprint density at radius 1 is 1.19 bits per heavy atom. The predicted octanol–water partition coefficient (Wildman–Crippen LogP) is 1.73. The quantitative estimate of drug-likeness (QED) is 0.723. The SMILES string of the molecule is CCOC(=O)NNC(=O)CC1CCCCC1. The monoisotopic (exact) mass is 228 g/mol. The molecule has 2 amide bonds. The molecule has 1 aliphatic rings. The average Bonchev–Trinajstić information content (AvgIpc) is 2.28. The number of rotatable bonds is 3. The molecule has 0 spiro atoms. The van der Waals surface area contributed by atoms with Crippen LogP contribution in [0.4, 0.5) is 4.79 Å². The largest absolute Gasteiger partial charge is 0.449 e. The summed E-state index contributed by atoms with van der Waals surface area (Å²) in [5, 5.41) is 0. The zero-order chi connectivity index (χ0) is 11.8. The molecule has 0 aromatic carbocycles. The smallest absolute Gasteiger partial charge is 0.426 e. The van der Waals surface area contributed by atoms with Gasteiger partial charge in [-0.25, -0.2) is 10.2 Å². The maximum Gasteiger partial charge on any atom is 0.426 e. The number of ether oxygens (including phenoxy) is 1. The highest BCUT2D eigenvalue weighted by Crippen LogP contribution is 2.25. The summed E-state index contributed by atoms with van der Waals surface area (Å²) in [5.41, 5.74) is 4.56. The molecular weight excluding hydrogens is 208 g/mol. The third-order valence-corrected chi connectivity index (χ3v) is 2.78. The molecule has 5 nitrogen and oxygen atoms in total. The second kappa shape index (κ2) is 7.09. The van der Waals surface area contributed by atoms with Gasteiger partial charge >= 0.3 is 6.09 Å². The van der Waals surface area contributed by atoms with E-state index in [0.717, 1.165) is 12.8 Å². The van der Waals surface area contributed by atoms with E-state index in [4.69, 9.17) is 0 Å². The Labute approximate surface area is 95.9 Å². The van der Waals surface area contributed by atoms with Gasteiger partial charge in [-0.05, 0) is 25.7 Å². The molecule has 1 aliphatic carbocycles. The van der Waals surface area contributed by atoms with Crippen LogP contribution in [-0.4, -0.2) is 18.6 Å². The van der Waals surface area contributed by atoms with Gasteiger partial charge in [0.25, 0.3) is 0 Å². The molecule has 92 valence electrons. The normalized spacial score (nSPS) is 16.6. The van der Waals surface area contributed by atoms with Crippen molar-refractivity contribution in [1.29, 1.82) is 0 Å². The molecule has 0 bridgehead atoms. The predicted molar refractivity (Wildman–Crippen MR) is 59.5 cm³/mol. The molecule has 1 fully saturated rings. The second-order valence-corrected chi connectivity index (χ2v) is 4.10. The van der Waals surface area contributed by atoms with Crippen molar-refractivity contribution in [2.24, 2.45) is 5.92 Å². The van der Waals surface area contributed by atoms with Gasteiger partial charge in [-0.15, -0.1) is 0 Å². The van der Waals surface area contributed by atoms with E-state index in [2.05, 4.69) is 15.6 Å². The first-order valence-electron chi connectivity index (χ1n) is 5.94. The Hall–Kier alpha value is -1.26. The Balaban J connectivity index is 2.12. The molecule has 0 radical (unpaired) electrons. The highest BCUT2D eigenvalue weighted by molar-refractivity contribution is 5.79. The van der Waals surface area contributed by atoms with Crippen molar-refractivity contribution in [3.63, 3.8) is 0 Å². The number of hydrogen-bond acceptors (Lipinski definition) is 3. The lowest BCUT2D eigenvalue weighted by Gasteiger charge is -2.20. The van der Waals surface area contributed by atoms with Gasteiger partial charge in [0.15, 0.2) is 0 Å². The van der Waals surface area contributed by atoms with Crippen molar-refractivity contribution in [1.82, 2.24) is 10.9 Å². The summed E-state index contributed by atoms with van der Waals surface area (Å²) in [4.78, 5) is 22.3. The highest BCUT2D eigenvalue weighted by atomic mass is 16.5. The Morgan fingerprint density at radius 2 is 1.88 bits per heavy atom. The zero-order valence-electron chi connectivity index (χ0n) is 9.75. The summed E-state index contributed by atoms with van der Waals surface area (Å²) in [6.07, 6.45) is 5.82. The molecule has 0 aromatic rings. The van der Waals surface area contributed by atoms with Crippen LogP contribution in [0.5, 0.6) is 0 Å². The molecule has 1 rings (SSSR count). The van der Waals surface area contributed by atoms with Crippen molar-refractivity contribution < 1.29 is 14.3 Å². The van der Waals surface area contributed by atoms with Crippen molar-refractivity contribution in [2.45, 2.75) is 45.4 Å². The van der Waals surface area contributed by atoms with E-state index in [1.54, 1.807) is 6.92 Å². The van der Waals surface area contributed by atoms with Gasteiger partial charge < -0.3 is 4.74 Å². The number of carbonyl (C=O) groups excluding carboxylic acids is 2. The maximum atomic E-state index is 11.4. The summed E-state index contributed by atoms with van der Waals surface area (Å²) in [5.74, 6) is 0.331. The van der Waals surface area contributed by atoms with Crippen LogP contribution in [0, 0.1) is 5.92 Å². The van der Waals surface area contributed by atoms with Crippen LogP contribution in [0.1, 0.15) is 45.4 Å². The average molecular weight is 228 g/mol. The van der Waals surface area contributed by atoms with Crippen LogP contribution < -0.4 is 10.9 Å². The maximum absolute atomic E-state index is 11.4. The Kier molecular flexibility index (Phi) is 5.67. The van der Waals surface area contributed by atoms with Gasteiger partial charge in [-0.1, -0.05) is 19.3 Å². The Bertz CT molecular complexity index is 237. The molecule has 2 N–H and O–H groups in total. The van der Waals surface area contributed by atoms with Crippen molar-refractivity contribution in [2.75, 3.05) is 6.61 Å². The molecule has 16 heavy (non-hydrogen) atoms. The Morgan fingerprint density at radius 3 is 2.50 bits per heavy atom. The minimum Gasteiger partial charge on any atom is -0.449 e. The third-order valence-electron chi connectivity index (χ3n) is 2.78. The second-order valence-electron chi connectivity index (χ2n) is 4.10. The first-order chi connectivity index (χ1) is 7.72. The standard InChI is InChI=1S/C11H20N2O3/c1-2-16-11(15)13-12-10(14)8-9-6-4-3-5-7-9/h9H,2-8H2,1H3,(H,12,14)(H,13,15). The lowest BCUT2D eigenvalue weighted by molar-refractivity contribution is -0.123. The highest BCUT2D eigenvalue weighted by Gasteiger charge is 2.17. The number of hydrogen-bond donors (Lipinski definition) is 2. The van der Waals surface area contributed by atoms with Crippen LogP contribution in [-0.2, 0) is 9.53 Å². The lowest BCUT2D eigenvalue weighted by atomic mass is 9.87. The van der Waals surface area contributed by atoms with Crippen molar-refractivity contribution in [3.8, 4) is 0 Å². The van der Waals surface area contributed by atoms with Gasteiger partial charge in [0, 0.05) is 6.42 Å². The van der Waals surface area contributed by atoms with E-state index < -0.39 is 6.09 Å². The van der Waals surface area contributed by atoms with E-state index in [1.165, 1.54) is 19.3 Å². The third kappa shape index (κ3) is 5.00. The topological polar surface area (TPSA) is 67.4 Å². The minimum atomic E-state index is -0.612. The molecular formula is C11H20N2O3. The fraction of sp³-hybridized carbons (Fsp3) is 0.818. The van der Waals surface area contributed by atoms with Crippen LogP contribution in [0.3, 0.4) is 0 Å². The van der Waals surface area contributed by atoms with E-state index in [-0.39, 0.29) is 5.91 Å². The fourth-order valence-corrected chi connectivity index (χ4v) is 1.99. The van der Waals surface area contributed by atoms with E-state index in [0.29, 0.717) is 18.9 Å². The van der Waals surface area contributed by atoms with Gasteiger partial charge in [0.1, 0.15) is 0 Å². The summed E-state index contributed by atoms with van der Waals surface area (Å²) in [6.45, 7) is 2.01. The molecule has 5 heteroatoms.